The number of hydrazone groups is 1. The van der Waals surface area contributed by atoms with Crippen LogP contribution in [0.15, 0.2) is 59.8 Å². The molecule has 6 nitrogen and oxygen atoms in total. The third-order valence-electron chi connectivity index (χ3n) is 4.52. The molecule has 2 aromatic carbocycles. The third-order valence-corrected chi connectivity index (χ3v) is 4.52. The summed E-state index contributed by atoms with van der Waals surface area (Å²) in [6.45, 7) is 7.82. The Bertz CT molecular complexity index is 982. The summed E-state index contributed by atoms with van der Waals surface area (Å²) >= 11 is 0. The van der Waals surface area contributed by atoms with Gasteiger partial charge < -0.3 is 15.0 Å². The lowest BCUT2D eigenvalue weighted by Gasteiger charge is -2.19. The van der Waals surface area contributed by atoms with Crippen LogP contribution in [0.25, 0.3) is 10.9 Å². The number of nitrogens with two attached hydrogens (primary N) is 1. The maximum absolute atomic E-state index is 10.8. The van der Waals surface area contributed by atoms with E-state index in [0.717, 1.165) is 22.2 Å². The molecular formula is C22H26N4O2. The molecule has 3 N–H and O–H groups in total. The largest absolute Gasteiger partial charge is 0.492 e. The van der Waals surface area contributed by atoms with Gasteiger partial charge in [-0.1, -0.05) is 51.1 Å². The molecule has 0 radical (unpaired) electrons. The minimum Gasteiger partial charge on any atom is -0.492 e. The van der Waals surface area contributed by atoms with E-state index in [1.165, 1.54) is 5.56 Å². The normalized spacial score (nSPS) is 11.8. The number of hydrogen-bond acceptors (Lipinski definition) is 3. The van der Waals surface area contributed by atoms with Gasteiger partial charge in [0.1, 0.15) is 12.4 Å². The zero-order valence-corrected chi connectivity index (χ0v) is 16.5. The first kappa shape index (κ1) is 19.5. The molecule has 0 atom stereocenters. The van der Waals surface area contributed by atoms with Gasteiger partial charge in [0.25, 0.3) is 0 Å². The van der Waals surface area contributed by atoms with E-state index in [1.807, 2.05) is 42.6 Å². The second-order valence-corrected chi connectivity index (χ2v) is 7.65. The number of carbonyl (C=O) groups is 1. The fourth-order valence-electron chi connectivity index (χ4n) is 3.04. The molecule has 0 aliphatic rings. The summed E-state index contributed by atoms with van der Waals surface area (Å²) in [6, 6.07) is 15.6. The standard InChI is InChI=1S/C22H26N4O2/c1-22(2,3)17-8-10-18(11-9-17)28-13-12-26-15-16(14-24-25-21(23)27)19-6-4-5-7-20(19)26/h4-11,14-15H,12-13H2,1-3H3,(H3,23,25,27)/b24-14-. The van der Waals surface area contributed by atoms with Crippen LogP contribution < -0.4 is 15.9 Å². The zero-order valence-electron chi connectivity index (χ0n) is 16.5. The van der Waals surface area contributed by atoms with Crippen molar-refractivity contribution in [3.63, 3.8) is 0 Å². The Morgan fingerprint density at radius 3 is 2.57 bits per heavy atom. The van der Waals surface area contributed by atoms with Gasteiger partial charge in [0.05, 0.1) is 12.8 Å². The molecule has 28 heavy (non-hydrogen) atoms. The number of carbonyl (C=O) groups excluding carboxylic acids is 1. The number of nitrogens with one attached hydrogen (secondary N) is 1. The summed E-state index contributed by atoms with van der Waals surface area (Å²) in [6.07, 6.45) is 3.58. The minimum absolute atomic E-state index is 0.129. The topological polar surface area (TPSA) is 81.6 Å². The second kappa shape index (κ2) is 8.17. The van der Waals surface area contributed by atoms with E-state index in [-0.39, 0.29) is 5.41 Å². The number of amides is 2. The Balaban J connectivity index is 1.69. The van der Waals surface area contributed by atoms with Crippen LogP contribution in [0.5, 0.6) is 5.75 Å². The Morgan fingerprint density at radius 1 is 1.18 bits per heavy atom. The molecule has 6 heteroatoms. The SMILES string of the molecule is CC(C)(C)c1ccc(OCCn2cc(/C=N\NC(N)=O)c3ccccc32)cc1. The van der Waals surface area contributed by atoms with Crippen LogP contribution in [0.2, 0.25) is 0 Å². The number of ether oxygens (including phenoxy) is 1. The van der Waals surface area contributed by atoms with Crippen molar-refractivity contribution in [3.05, 3.63) is 65.9 Å². The van der Waals surface area contributed by atoms with Crippen molar-refractivity contribution >= 4 is 23.1 Å². The summed E-state index contributed by atoms with van der Waals surface area (Å²) < 4.78 is 8.04. The maximum atomic E-state index is 10.8. The molecule has 0 bridgehead atoms. The Kier molecular flexibility index (Phi) is 5.68. The maximum Gasteiger partial charge on any atom is 0.332 e. The van der Waals surface area contributed by atoms with Crippen molar-refractivity contribution in [1.82, 2.24) is 9.99 Å². The number of rotatable bonds is 6. The summed E-state index contributed by atoms with van der Waals surface area (Å²) in [5, 5.41) is 4.91. The monoisotopic (exact) mass is 378 g/mol. The molecule has 2 amide bonds. The molecule has 0 spiro atoms. The highest BCUT2D eigenvalue weighted by Crippen LogP contribution is 2.24. The Morgan fingerprint density at radius 2 is 1.89 bits per heavy atom. The van der Waals surface area contributed by atoms with Gasteiger partial charge in [0.2, 0.25) is 0 Å². The fourth-order valence-corrected chi connectivity index (χ4v) is 3.04. The van der Waals surface area contributed by atoms with E-state index in [1.54, 1.807) is 6.21 Å². The molecule has 0 unspecified atom stereocenters. The third kappa shape index (κ3) is 4.71. The summed E-state index contributed by atoms with van der Waals surface area (Å²) in [5.41, 5.74) is 10.7. The first-order valence-corrected chi connectivity index (χ1v) is 9.24. The molecular weight excluding hydrogens is 352 g/mol. The van der Waals surface area contributed by atoms with E-state index >= 15 is 0 Å². The molecule has 0 aliphatic heterocycles. The molecule has 0 saturated heterocycles. The number of hydrogen-bond donors (Lipinski definition) is 2. The highest BCUT2D eigenvalue weighted by molar-refractivity contribution is 5.99. The highest BCUT2D eigenvalue weighted by Gasteiger charge is 2.13. The second-order valence-electron chi connectivity index (χ2n) is 7.65. The lowest BCUT2D eigenvalue weighted by molar-refractivity contribution is 0.249. The van der Waals surface area contributed by atoms with Crippen molar-refractivity contribution < 1.29 is 9.53 Å². The first-order valence-electron chi connectivity index (χ1n) is 9.24. The number of aromatic nitrogens is 1. The van der Waals surface area contributed by atoms with Crippen LogP contribution in [-0.2, 0) is 12.0 Å². The Hall–Kier alpha value is -3.28. The smallest absolute Gasteiger partial charge is 0.332 e. The predicted molar refractivity (Wildman–Crippen MR) is 113 cm³/mol. The minimum atomic E-state index is -0.689. The fraction of sp³-hybridized carbons (Fsp3) is 0.273. The van der Waals surface area contributed by atoms with E-state index in [4.69, 9.17) is 10.5 Å². The van der Waals surface area contributed by atoms with Crippen molar-refractivity contribution in [2.45, 2.75) is 32.7 Å². The van der Waals surface area contributed by atoms with Crippen LogP contribution in [0.4, 0.5) is 4.79 Å². The van der Waals surface area contributed by atoms with Gasteiger partial charge in [-0.3, -0.25) is 0 Å². The number of urea groups is 1. The summed E-state index contributed by atoms with van der Waals surface area (Å²) in [4.78, 5) is 10.8. The van der Waals surface area contributed by atoms with Gasteiger partial charge in [0, 0.05) is 22.7 Å². The highest BCUT2D eigenvalue weighted by atomic mass is 16.5. The Labute approximate surface area is 165 Å². The number of benzene rings is 2. The van der Waals surface area contributed by atoms with Gasteiger partial charge in [-0.05, 0) is 29.2 Å². The first-order chi connectivity index (χ1) is 13.3. The summed E-state index contributed by atoms with van der Waals surface area (Å²) in [5.74, 6) is 0.858. The number of fused-ring (bicyclic) bond motifs is 1. The van der Waals surface area contributed by atoms with Gasteiger partial charge in [-0.2, -0.15) is 5.10 Å². The van der Waals surface area contributed by atoms with Gasteiger partial charge in [-0.15, -0.1) is 0 Å². The molecule has 1 heterocycles. The van der Waals surface area contributed by atoms with Gasteiger partial charge in [-0.25, -0.2) is 10.2 Å². The number of para-hydroxylation sites is 1. The van der Waals surface area contributed by atoms with Crippen LogP contribution in [0, 0.1) is 0 Å². The van der Waals surface area contributed by atoms with Gasteiger partial charge >= 0.3 is 6.03 Å². The van der Waals surface area contributed by atoms with Crippen molar-refractivity contribution in [2.24, 2.45) is 10.8 Å². The van der Waals surface area contributed by atoms with Crippen molar-refractivity contribution in [3.8, 4) is 5.75 Å². The molecule has 0 aliphatic carbocycles. The van der Waals surface area contributed by atoms with Gasteiger partial charge in [0.15, 0.2) is 0 Å². The van der Waals surface area contributed by atoms with Crippen LogP contribution in [0.1, 0.15) is 31.9 Å². The molecule has 1 aromatic heterocycles. The van der Waals surface area contributed by atoms with Crippen LogP contribution in [0.3, 0.4) is 0 Å². The predicted octanol–water partition coefficient (Wildman–Crippen LogP) is 4.02. The molecule has 0 saturated carbocycles. The number of nitrogens with zero attached hydrogens (tertiary/aromatic N) is 2. The quantitative estimate of drug-likeness (QED) is 0.502. The molecule has 3 aromatic rings. The molecule has 3 rings (SSSR count). The van der Waals surface area contributed by atoms with Crippen molar-refractivity contribution in [2.75, 3.05) is 6.61 Å². The van der Waals surface area contributed by atoms with Crippen molar-refractivity contribution in [1.29, 1.82) is 0 Å². The molecule has 0 fully saturated rings. The molecule has 146 valence electrons. The van der Waals surface area contributed by atoms with E-state index in [0.29, 0.717) is 13.2 Å². The number of primary amides is 1. The van der Waals surface area contributed by atoms with Crippen LogP contribution in [-0.4, -0.2) is 23.4 Å². The van der Waals surface area contributed by atoms with E-state index in [9.17, 15) is 4.79 Å². The lowest BCUT2D eigenvalue weighted by atomic mass is 9.87. The van der Waals surface area contributed by atoms with E-state index < -0.39 is 6.03 Å². The van der Waals surface area contributed by atoms with E-state index in [2.05, 4.69) is 48.0 Å². The zero-order chi connectivity index (χ0) is 20.1. The lowest BCUT2D eigenvalue weighted by Crippen LogP contribution is -2.24. The average Bonchev–Trinajstić information content (AvgIpc) is 2.99. The van der Waals surface area contributed by atoms with Crippen LogP contribution >= 0.6 is 0 Å². The average molecular weight is 378 g/mol. The summed E-state index contributed by atoms with van der Waals surface area (Å²) in [7, 11) is 0.